The van der Waals surface area contributed by atoms with Crippen LogP contribution in [0.15, 0.2) is 24.7 Å². The third-order valence-electron chi connectivity index (χ3n) is 1.49. The van der Waals surface area contributed by atoms with Crippen molar-refractivity contribution in [3.8, 4) is 0 Å². The number of carbonyl (C=O) groups is 1. The van der Waals surface area contributed by atoms with Crippen LogP contribution in [0.5, 0.6) is 0 Å². The Morgan fingerprint density at radius 2 is 2.46 bits per heavy atom. The molecular formula is C7H7N5O. The van der Waals surface area contributed by atoms with Gasteiger partial charge in [0.15, 0.2) is 5.82 Å². The summed E-state index contributed by atoms with van der Waals surface area (Å²) < 4.78 is 1.69. The molecule has 2 aromatic rings. The van der Waals surface area contributed by atoms with E-state index in [2.05, 4.69) is 15.3 Å². The van der Waals surface area contributed by atoms with Gasteiger partial charge in [0.05, 0.1) is 6.20 Å². The Hall–Kier alpha value is -2.11. The lowest BCUT2D eigenvalue weighted by Gasteiger charge is -1.91. The number of anilines is 1. The van der Waals surface area contributed by atoms with Crippen LogP contribution in [-0.2, 0) is 0 Å². The Morgan fingerprint density at radius 1 is 1.62 bits per heavy atom. The molecule has 3 N–H and O–H groups in total. The first-order chi connectivity index (χ1) is 6.25. The third-order valence-corrected chi connectivity index (χ3v) is 1.49. The molecule has 0 saturated carbocycles. The highest BCUT2D eigenvalue weighted by atomic mass is 16.2. The average Bonchev–Trinajstić information content (AvgIpc) is 2.44. The molecule has 0 unspecified atom stereocenters. The van der Waals surface area contributed by atoms with Gasteiger partial charge in [-0.3, -0.25) is 9.72 Å². The molecule has 0 aliphatic carbocycles. The Balaban J connectivity index is 2.44. The Kier molecular flexibility index (Phi) is 1.59. The fraction of sp³-hybridized carbons (Fsp3) is 0. The number of nitrogens with one attached hydrogen (secondary N) is 1. The van der Waals surface area contributed by atoms with Gasteiger partial charge in [0.1, 0.15) is 0 Å². The molecule has 0 spiro atoms. The van der Waals surface area contributed by atoms with Crippen LogP contribution in [0.1, 0.15) is 0 Å². The number of carbonyl (C=O) groups excluding carboxylic acids is 1. The van der Waals surface area contributed by atoms with Crippen LogP contribution in [0.4, 0.5) is 10.6 Å². The molecule has 66 valence electrons. The van der Waals surface area contributed by atoms with Crippen molar-refractivity contribution in [3.05, 3.63) is 24.7 Å². The number of hydrogen-bond acceptors (Lipinski definition) is 3. The van der Waals surface area contributed by atoms with Crippen molar-refractivity contribution in [2.75, 3.05) is 5.32 Å². The van der Waals surface area contributed by atoms with E-state index in [1.54, 1.807) is 29.1 Å². The Morgan fingerprint density at radius 3 is 3.15 bits per heavy atom. The number of rotatable bonds is 1. The van der Waals surface area contributed by atoms with Gasteiger partial charge < -0.3 is 5.73 Å². The van der Waals surface area contributed by atoms with E-state index in [4.69, 9.17) is 5.73 Å². The molecule has 2 amide bonds. The second kappa shape index (κ2) is 2.74. The predicted octanol–water partition coefficient (Wildman–Crippen LogP) is 0.220. The van der Waals surface area contributed by atoms with Crippen LogP contribution in [0.3, 0.4) is 0 Å². The van der Waals surface area contributed by atoms with Crippen molar-refractivity contribution in [1.82, 2.24) is 14.4 Å². The zero-order chi connectivity index (χ0) is 9.26. The van der Waals surface area contributed by atoms with Gasteiger partial charge in [0, 0.05) is 12.4 Å². The van der Waals surface area contributed by atoms with E-state index < -0.39 is 6.03 Å². The van der Waals surface area contributed by atoms with E-state index in [1.807, 2.05) is 0 Å². The number of imidazole rings is 1. The Bertz CT molecular complexity index is 416. The number of nitrogens with two attached hydrogens (primary N) is 1. The first kappa shape index (κ1) is 7.53. The second-order valence-electron chi connectivity index (χ2n) is 2.44. The fourth-order valence-electron chi connectivity index (χ4n) is 1.02. The number of nitrogens with zero attached hydrogens (tertiary/aromatic N) is 3. The molecule has 6 heteroatoms. The zero-order valence-electron chi connectivity index (χ0n) is 6.64. The monoisotopic (exact) mass is 177 g/mol. The van der Waals surface area contributed by atoms with E-state index in [-0.39, 0.29) is 0 Å². The summed E-state index contributed by atoms with van der Waals surface area (Å²) in [4.78, 5) is 18.4. The van der Waals surface area contributed by atoms with Crippen LogP contribution in [0.25, 0.3) is 5.78 Å². The number of amides is 2. The van der Waals surface area contributed by atoms with Crippen molar-refractivity contribution >= 4 is 17.6 Å². The van der Waals surface area contributed by atoms with Gasteiger partial charge in [-0.05, 0) is 6.07 Å². The molecule has 2 rings (SSSR count). The number of fused-ring (bicyclic) bond motifs is 1. The smallest absolute Gasteiger partial charge is 0.317 e. The summed E-state index contributed by atoms with van der Waals surface area (Å²) in [5, 5.41) is 2.36. The molecule has 0 atom stereocenters. The highest BCUT2D eigenvalue weighted by molar-refractivity contribution is 5.86. The van der Waals surface area contributed by atoms with Gasteiger partial charge in [-0.25, -0.2) is 9.78 Å². The van der Waals surface area contributed by atoms with Crippen LogP contribution < -0.4 is 11.1 Å². The quantitative estimate of drug-likeness (QED) is 0.653. The van der Waals surface area contributed by atoms with Crippen LogP contribution in [-0.4, -0.2) is 20.4 Å². The van der Waals surface area contributed by atoms with Gasteiger partial charge in [-0.1, -0.05) is 0 Å². The summed E-state index contributed by atoms with van der Waals surface area (Å²) in [6, 6.07) is 1.13. The third kappa shape index (κ3) is 1.41. The van der Waals surface area contributed by atoms with E-state index >= 15 is 0 Å². The van der Waals surface area contributed by atoms with Crippen molar-refractivity contribution in [2.24, 2.45) is 5.73 Å². The van der Waals surface area contributed by atoms with Gasteiger partial charge >= 0.3 is 6.03 Å². The maximum Gasteiger partial charge on any atom is 0.317 e. The van der Waals surface area contributed by atoms with E-state index in [1.165, 1.54) is 0 Å². The molecule has 13 heavy (non-hydrogen) atoms. The summed E-state index contributed by atoms with van der Waals surface area (Å²) in [5.41, 5.74) is 4.93. The molecule has 6 nitrogen and oxygen atoms in total. The van der Waals surface area contributed by atoms with Crippen molar-refractivity contribution in [2.45, 2.75) is 0 Å². The first-order valence-corrected chi connectivity index (χ1v) is 3.62. The summed E-state index contributed by atoms with van der Waals surface area (Å²) in [6.07, 6.45) is 5.03. The molecule has 0 aromatic carbocycles. The summed E-state index contributed by atoms with van der Waals surface area (Å²) in [6.45, 7) is 0. The second-order valence-corrected chi connectivity index (χ2v) is 2.44. The maximum absolute atomic E-state index is 10.5. The molecule has 0 saturated heterocycles. The minimum Gasteiger partial charge on any atom is -0.351 e. The zero-order valence-corrected chi connectivity index (χ0v) is 6.64. The number of urea groups is 1. The molecule has 2 aromatic heterocycles. The summed E-state index contributed by atoms with van der Waals surface area (Å²) in [5.74, 6) is 0.914. The van der Waals surface area contributed by atoms with E-state index in [9.17, 15) is 4.79 Å². The van der Waals surface area contributed by atoms with Crippen LogP contribution in [0.2, 0.25) is 0 Å². The normalized spacial score (nSPS) is 10.2. The van der Waals surface area contributed by atoms with Crippen molar-refractivity contribution < 1.29 is 4.79 Å². The van der Waals surface area contributed by atoms with Gasteiger partial charge in [-0.2, -0.15) is 4.98 Å². The van der Waals surface area contributed by atoms with Crippen molar-refractivity contribution in [1.29, 1.82) is 0 Å². The number of primary amides is 1. The van der Waals surface area contributed by atoms with Gasteiger partial charge in [0.2, 0.25) is 5.78 Å². The van der Waals surface area contributed by atoms with Gasteiger partial charge in [0.25, 0.3) is 0 Å². The van der Waals surface area contributed by atoms with Crippen LogP contribution in [0, 0.1) is 0 Å². The fourth-order valence-corrected chi connectivity index (χ4v) is 1.02. The SMILES string of the molecule is NC(=O)Nc1cn2cccnc2n1. The maximum atomic E-state index is 10.5. The molecule has 2 heterocycles. The predicted molar refractivity (Wildman–Crippen MR) is 46.2 cm³/mol. The van der Waals surface area contributed by atoms with Crippen molar-refractivity contribution in [3.63, 3.8) is 0 Å². The first-order valence-electron chi connectivity index (χ1n) is 3.62. The average molecular weight is 177 g/mol. The molecule has 0 radical (unpaired) electrons. The van der Waals surface area contributed by atoms with Gasteiger partial charge in [-0.15, -0.1) is 0 Å². The van der Waals surface area contributed by atoms with E-state index in [0.29, 0.717) is 11.6 Å². The summed E-state index contributed by atoms with van der Waals surface area (Å²) in [7, 11) is 0. The number of aromatic nitrogens is 3. The molecular weight excluding hydrogens is 170 g/mol. The van der Waals surface area contributed by atoms with Crippen LogP contribution >= 0.6 is 0 Å². The molecule has 0 aliphatic heterocycles. The lowest BCUT2D eigenvalue weighted by atomic mass is 10.7. The standard InChI is InChI=1S/C7H7N5O/c8-6(13)10-5-4-12-3-1-2-9-7(12)11-5/h1-4H,(H3,8,10,13). The largest absolute Gasteiger partial charge is 0.351 e. The molecule has 0 fully saturated rings. The topological polar surface area (TPSA) is 85.3 Å². The molecule has 0 bridgehead atoms. The Labute approximate surface area is 73.4 Å². The molecule has 0 aliphatic rings. The highest BCUT2D eigenvalue weighted by Gasteiger charge is 2.02. The minimum atomic E-state index is -0.636. The highest BCUT2D eigenvalue weighted by Crippen LogP contribution is 2.05. The minimum absolute atomic E-state index is 0.395. The number of hydrogen-bond donors (Lipinski definition) is 2. The lowest BCUT2D eigenvalue weighted by molar-refractivity contribution is 0.259. The van der Waals surface area contributed by atoms with E-state index in [0.717, 1.165) is 0 Å². The lowest BCUT2D eigenvalue weighted by Crippen LogP contribution is -2.19. The summed E-state index contributed by atoms with van der Waals surface area (Å²) >= 11 is 0.